The second-order valence-corrected chi connectivity index (χ2v) is 9.27. The number of hydrogen-bond donors (Lipinski definition) is 2. The van der Waals surface area contributed by atoms with Gasteiger partial charge in [-0.15, -0.1) is 11.3 Å². The van der Waals surface area contributed by atoms with Crippen LogP contribution in [-0.4, -0.2) is 32.3 Å². The van der Waals surface area contributed by atoms with Crippen molar-refractivity contribution in [2.45, 2.75) is 44.7 Å². The van der Waals surface area contributed by atoms with Gasteiger partial charge in [-0.1, -0.05) is 37.1 Å². The number of nitrogens with one attached hydrogen (secondary N) is 2. The third kappa shape index (κ3) is 4.62. The lowest BCUT2D eigenvalue weighted by atomic mass is 10.1. The molecule has 31 heavy (non-hydrogen) atoms. The molecular formula is C24H28N6S. The Balaban J connectivity index is 1.31. The molecule has 1 aromatic carbocycles. The molecule has 3 heterocycles. The van der Waals surface area contributed by atoms with Gasteiger partial charge in [-0.3, -0.25) is 0 Å². The Bertz CT molecular complexity index is 1140. The Morgan fingerprint density at radius 3 is 2.90 bits per heavy atom. The molecule has 160 valence electrons. The lowest BCUT2D eigenvalue weighted by Gasteiger charge is -2.11. The Labute approximate surface area is 186 Å². The second kappa shape index (κ2) is 9.16. The summed E-state index contributed by atoms with van der Waals surface area (Å²) in [7, 11) is 1.95. The molecule has 4 aromatic rings. The molecule has 0 amide bonds. The zero-order chi connectivity index (χ0) is 21.0. The van der Waals surface area contributed by atoms with Gasteiger partial charge in [0, 0.05) is 42.8 Å². The lowest BCUT2D eigenvalue weighted by Crippen LogP contribution is -2.16. The maximum atomic E-state index is 4.77. The number of anilines is 1. The van der Waals surface area contributed by atoms with E-state index in [0.29, 0.717) is 12.0 Å². The number of hydrogen-bond acceptors (Lipinski definition) is 6. The first-order chi connectivity index (χ1) is 15.3. The zero-order valence-corrected chi connectivity index (χ0v) is 18.7. The number of aryl methyl sites for hydroxylation is 1. The van der Waals surface area contributed by atoms with Crippen LogP contribution in [0.3, 0.4) is 0 Å². The predicted octanol–water partition coefficient (Wildman–Crippen LogP) is 4.78. The van der Waals surface area contributed by atoms with Gasteiger partial charge in [-0.05, 0) is 42.3 Å². The molecule has 6 nitrogen and oxygen atoms in total. The van der Waals surface area contributed by atoms with Gasteiger partial charge in [0.25, 0.3) is 0 Å². The summed E-state index contributed by atoms with van der Waals surface area (Å²) in [5.41, 5.74) is 4.15. The predicted molar refractivity (Wildman–Crippen MR) is 127 cm³/mol. The van der Waals surface area contributed by atoms with Crippen LogP contribution in [0.4, 0.5) is 5.95 Å². The lowest BCUT2D eigenvalue weighted by molar-refractivity contribution is 0.691. The van der Waals surface area contributed by atoms with E-state index in [1.54, 1.807) is 0 Å². The molecule has 2 N–H and O–H groups in total. The average molecular weight is 433 g/mol. The number of rotatable bonds is 8. The number of fused-ring (bicyclic) bond motifs is 1. The van der Waals surface area contributed by atoms with Crippen LogP contribution in [0, 0.1) is 0 Å². The third-order valence-corrected chi connectivity index (χ3v) is 6.86. The van der Waals surface area contributed by atoms with Gasteiger partial charge < -0.3 is 10.6 Å². The van der Waals surface area contributed by atoms with Gasteiger partial charge in [0.05, 0.1) is 5.39 Å². The van der Waals surface area contributed by atoms with Crippen molar-refractivity contribution in [3.63, 3.8) is 0 Å². The van der Waals surface area contributed by atoms with Gasteiger partial charge in [-0.2, -0.15) is 10.1 Å². The molecule has 0 atom stereocenters. The van der Waals surface area contributed by atoms with E-state index in [2.05, 4.69) is 57.4 Å². The molecule has 1 aliphatic rings. The van der Waals surface area contributed by atoms with Crippen molar-refractivity contribution in [1.29, 1.82) is 0 Å². The van der Waals surface area contributed by atoms with Crippen LogP contribution in [-0.2, 0) is 20.0 Å². The smallest absolute Gasteiger partial charge is 0.224 e. The normalized spacial score (nSPS) is 14.5. The van der Waals surface area contributed by atoms with Gasteiger partial charge in [0.15, 0.2) is 5.65 Å². The standard InChI is InChI=1S/C24H28N6S/c1-30-23-21(16-26-24(28-23)27-19-8-2-3-9-19)22(29-30)18-7-4-6-17(14-18)15-25-12-11-20-10-5-13-31-20/h4-7,10,13-14,16,19,25H,2-3,8-9,11-12,15H2,1H3,(H,26,27,28). The largest absolute Gasteiger partial charge is 0.351 e. The van der Waals surface area contributed by atoms with Crippen LogP contribution in [0.1, 0.15) is 36.1 Å². The number of thiophene rings is 1. The molecule has 7 heteroatoms. The van der Waals surface area contributed by atoms with E-state index in [9.17, 15) is 0 Å². The molecule has 0 radical (unpaired) electrons. The van der Waals surface area contributed by atoms with Crippen molar-refractivity contribution < 1.29 is 0 Å². The first-order valence-corrected chi connectivity index (χ1v) is 11.9. The van der Waals surface area contributed by atoms with Gasteiger partial charge in [0.2, 0.25) is 5.95 Å². The molecule has 0 aliphatic heterocycles. The first-order valence-electron chi connectivity index (χ1n) is 11.0. The van der Waals surface area contributed by atoms with Crippen molar-refractivity contribution in [3.8, 4) is 11.3 Å². The third-order valence-electron chi connectivity index (χ3n) is 5.93. The molecule has 3 aromatic heterocycles. The summed E-state index contributed by atoms with van der Waals surface area (Å²) >= 11 is 1.81. The van der Waals surface area contributed by atoms with Crippen molar-refractivity contribution >= 4 is 28.3 Å². The minimum absolute atomic E-state index is 0.495. The first kappa shape index (κ1) is 20.2. The van der Waals surface area contributed by atoms with E-state index in [1.807, 2.05) is 29.3 Å². The highest BCUT2D eigenvalue weighted by molar-refractivity contribution is 7.09. The Kier molecular flexibility index (Phi) is 5.95. The zero-order valence-electron chi connectivity index (χ0n) is 17.8. The van der Waals surface area contributed by atoms with Crippen LogP contribution in [0.2, 0.25) is 0 Å². The van der Waals surface area contributed by atoms with Crippen LogP contribution in [0.15, 0.2) is 48.0 Å². The summed E-state index contributed by atoms with van der Waals surface area (Å²) in [6, 6.07) is 13.4. The number of nitrogens with zero attached hydrogens (tertiary/aromatic N) is 4. The molecular weight excluding hydrogens is 404 g/mol. The molecule has 0 spiro atoms. The fourth-order valence-corrected chi connectivity index (χ4v) is 5.01. The SMILES string of the molecule is Cn1nc(-c2cccc(CNCCc3cccs3)c2)c2cnc(NC3CCCC3)nc21. The number of aromatic nitrogens is 4. The highest BCUT2D eigenvalue weighted by Crippen LogP contribution is 2.28. The van der Waals surface area contributed by atoms with Gasteiger partial charge >= 0.3 is 0 Å². The molecule has 1 saturated carbocycles. The topological polar surface area (TPSA) is 67.7 Å². The van der Waals surface area contributed by atoms with E-state index >= 15 is 0 Å². The van der Waals surface area contributed by atoms with E-state index in [0.717, 1.165) is 41.8 Å². The van der Waals surface area contributed by atoms with Crippen molar-refractivity contribution in [1.82, 2.24) is 25.1 Å². The van der Waals surface area contributed by atoms with Crippen LogP contribution in [0.25, 0.3) is 22.3 Å². The highest BCUT2D eigenvalue weighted by Gasteiger charge is 2.18. The second-order valence-electron chi connectivity index (χ2n) is 8.24. The van der Waals surface area contributed by atoms with Crippen molar-refractivity contribution in [2.75, 3.05) is 11.9 Å². The average Bonchev–Trinajstić information content (AvgIpc) is 3.54. The molecule has 5 rings (SSSR count). The summed E-state index contributed by atoms with van der Waals surface area (Å²) in [5.74, 6) is 0.706. The molecule has 0 bridgehead atoms. The minimum atomic E-state index is 0.495. The highest BCUT2D eigenvalue weighted by atomic mass is 32.1. The quantitative estimate of drug-likeness (QED) is 0.392. The monoisotopic (exact) mass is 432 g/mol. The summed E-state index contributed by atoms with van der Waals surface area (Å²) in [6.45, 7) is 1.82. The summed E-state index contributed by atoms with van der Waals surface area (Å²) in [4.78, 5) is 10.8. The Morgan fingerprint density at radius 1 is 1.16 bits per heavy atom. The van der Waals surface area contributed by atoms with Crippen LogP contribution >= 0.6 is 11.3 Å². The van der Waals surface area contributed by atoms with Crippen molar-refractivity contribution in [2.24, 2.45) is 7.05 Å². The summed E-state index contributed by atoms with van der Waals surface area (Å²) in [6.07, 6.45) is 7.95. The molecule has 0 saturated heterocycles. The maximum absolute atomic E-state index is 4.77. The minimum Gasteiger partial charge on any atom is -0.351 e. The van der Waals surface area contributed by atoms with E-state index in [-0.39, 0.29) is 0 Å². The van der Waals surface area contributed by atoms with E-state index < -0.39 is 0 Å². The summed E-state index contributed by atoms with van der Waals surface area (Å²) < 4.78 is 1.86. The molecule has 0 unspecified atom stereocenters. The molecule has 1 aliphatic carbocycles. The van der Waals surface area contributed by atoms with Crippen molar-refractivity contribution in [3.05, 3.63) is 58.4 Å². The molecule has 1 fully saturated rings. The maximum Gasteiger partial charge on any atom is 0.224 e. The van der Waals surface area contributed by atoms with E-state index in [1.165, 1.54) is 36.1 Å². The van der Waals surface area contributed by atoms with E-state index in [4.69, 9.17) is 10.1 Å². The fourth-order valence-electron chi connectivity index (χ4n) is 4.30. The number of benzene rings is 1. The Morgan fingerprint density at radius 2 is 2.06 bits per heavy atom. The van der Waals surface area contributed by atoms with Crippen LogP contribution in [0.5, 0.6) is 0 Å². The van der Waals surface area contributed by atoms with Gasteiger partial charge in [0.1, 0.15) is 5.69 Å². The Hall–Kier alpha value is -2.77. The van der Waals surface area contributed by atoms with Crippen LogP contribution < -0.4 is 10.6 Å². The summed E-state index contributed by atoms with van der Waals surface area (Å²) in [5, 5.41) is 14.9. The fraction of sp³-hybridized carbons (Fsp3) is 0.375. The van der Waals surface area contributed by atoms with Gasteiger partial charge in [-0.25, -0.2) is 9.67 Å².